The van der Waals surface area contributed by atoms with Crippen LogP contribution in [0.2, 0.25) is 0 Å². The number of fused-ring (bicyclic) bond motifs is 4. The summed E-state index contributed by atoms with van der Waals surface area (Å²) in [5, 5.41) is 47.3. The van der Waals surface area contributed by atoms with Gasteiger partial charge in [-0.1, -0.05) is 23.8 Å². The Bertz CT molecular complexity index is 6870. The second-order valence-corrected chi connectivity index (χ2v) is 33.5. The van der Waals surface area contributed by atoms with E-state index in [9.17, 15) is 51.5 Å². The standard InChI is InChI=1S/C29H33N3O6.C27H27FN2O7.C26H25FN2O7.C26H23FN2O7/c1-18-8-9-21-22(11-18)24(15-27(33)30-16-20-7-6-10-31(20)2)32(3)23(21)12-19-13-25(36-4)29(26(14-19)37-5)38-17-28(34)35;1-30-21(9-16-10-23(34-2)27(24(11-16)35-3)37-15-26(32)33)19-7-6-17(28)12-20(19)22(30)13-25(31)29-14-18-5-4-8-36-18;2*1-33-22-9-15(10-23(34-2)26(22)36-14-25(31)32)8-20-18-6-5-16(27)11-19(18)21(29-20)12-24(30)28-13-17-4-3-7-35-17/h6-14,24H,15-17H2,1-5H3,(H,30,33)(H,34,35);4-12,22H,13-15H2,1-3H3,(H,29,31)(H,32,33);3-7,9-11,21H,8,12-14H2,1-2H3,(H,28,30)(H,31,32);3-11H,12-14H2,1-2H3,(H,28,30)(H,31,32)/b23-12+;21-9+;;20-8+. The number of aliphatic carboxylic acids is 4. The number of furan rings is 3. The van der Waals surface area contributed by atoms with Crippen LogP contribution >= 0.6 is 0 Å². The van der Waals surface area contributed by atoms with Crippen LogP contribution in [0, 0.1) is 24.4 Å². The Hall–Kier alpha value is -17.8. The van der Waals surface area contributed by atoms with Crippen LogP contribution in [0.4, 0.5) is 13.2 Å². The Balaban J connectivity index is 0.000000164. The summed E-state index contributed by atoms with van der Waals surface area (Å²) in [6.07, 6.45) is 12.9. The second kappa shape index (κ2) is 49.7. The number of benzene rings is 8. The first kappa shape index (κ1) is 106. The molecule has 0 spiro atoms. The van der Waals surface area contributed by atoms with Gasteiger partial charge in [-0.3, -0.25) is 29.2 Å². The van der Waals surface area contributed by atoms with Crippen molar-refractivity contribution in [2.24, 2.45) is 17.0 Å². The lowest BCUT2D eigenvalue weighted by Crippen LogP contribution is -2.28. The summed E-state index contributed by atoms with van der Waals surface area (Å²) < 4.78 is 125. The van der Waals surface area contributed by atoms with Crippen LogP contribution < -0.4 is 78.1 Å². The van der Waals surface area contributed by atoms with Gasteiger partial charge >= 0.3 is 23.9 Å². The molecule has 0 fully saturated rings. The van der Waals surface area contributed by atoms with E-state index in [1.165, 1.54) is 112 Å². The number of hydrogen-bond donors (Lipinski definition) is 8. The number of carbonyl (C=O) groups is 8. The van der Waals surface area contributed by atoms with E-state index in [0.29, 0.717) is 122 Å². The molecule has 0 radical (unpaired) electrons. The van der Waals surface area contributed by atoms with E-state index in [2.05, 4.69) is 49.4 Å². The van der Waals surface area contributed by atoms with E-state index in [1.54, 1.807) is 109 Å². The average molecular weight is 2020 g/mol. The number of methoxy groups -OCH3 is 8. The largest absolute Gasteiger partial charge is 0.493 e. The van der Waals surface area contributed by atoms with Crippen LogP contribution in [0.15, 0.2) is 218 Å². The van der Waals surface area contributed by atoms with Gasteiger partial charge in [0.1, 0.15) is 34.7 Å². The molecule has 0 bridgehead atoms. The highest BCUT2D eigenvalue weighted by Crippen LogP contribution is 2.50. The topological polar surface area (TPSA) is 452 Å². The van der Waals surface area contributed by atoms with Gasteiger partial charge in [-0.25, -0.2) is 32.3 Å². The Morgan fingerprint density at radius 3 is 1.16 bits per heavy atom. The minimum atomic E-state index is -1.14. The molecule has 39 heteroatoms. The predicted octanol–water partition coefficient (Wildman–Crippen LogP) is 15.7. The molecule has 3 unspecified atom stereocenters. The molecular formula is C108H108F3N9O27. The smallest absolute Gasteiger partial charge is 0.341 e. The normalized spacial score (nSPS) is 14.5. The molecular weight excluding hydrogens is 1910 g/mol. The van der Waals surface area contributed by atoms with Crippen molar-refractivity contribution in [1.29, 1.82) is 0 Å². The van der Waals surface area contributed by atoms with Crippen LogP contribution in [-0.4, -0.2) is 191 Å². The molecule has 8 heterocycles. The average Bonchev–Trinajstić information content (AvgIpc) is 1.57. The van der Waals surface area contributed by atoms with Gasteiger partial charge in [0.05, 0.1) is 157 Å². The molecule has 0 aliphatic carbocycles. The number of aromatic nitrogens is 1. The van der Waals surface area contributed by atoms with E-state index in [0.717, 1.165) is 56.0 Å². The molecule has 4 aliphatic rings. The number of hydrogen-bond acceptors (Lipinski definition) is 27. The van der Waals surface area contributed by atoms with Crippen LogP contribution in [-0.2, 0) is 78.0 Å². The number of carboxylic acid groups (broad SMARTS) is 4. The molecule has 8 aromatic carbocycles. The van der Waals surface area contributed by atoms with Crippen LogP contribution in [0.25, 0.3) is 35.3 Å². The molecule has 4 amide bonds. The highest BCUT2D eigenvalue weighted by molar-refractivity contribution is 6.19. The molecule has 3 atom stereocenters. The summed E-state index contributed by atoms with van der Waals surface area (Å²) in [6, 6.07) is 46.5. The fourth-order valence-electron chi connectivity index (χ4n) is 16.8. The molecule has 0 saturated carbocycles. The number of aliphatic imine (C=N–C) groups is 2. The zero-order valence-electron chi connectivity index (χ0n) is 82.2. The number of aryl methyl sites for hydroxylation is 2. The molecule has 8 N–H and O–H groups in total. The summed E-state index contributed by atoms with van der Waals surface area (Å²) in [5.41, 5.74) is 14.5. The van der Waals surface area contributed by atoms with Gasteiger partial charge in [-0.15, -0.1) is 0 Å². The number of halogens is 3. The molecule has 4 aromatic heterocycles. The Labute approximate surface area is 842 Å². The maximum atomic E-state index is 14.2. The Morgan fingerprint density at radius 2 is 0.755 bits per heavy atom. The van der Waals surface area contributed by atoms with E-state index in [1.807, 2.05) is 68.0 Å². The van der Waals surface area contributed by atoms with Gasteiger partial charge < -0.3 is 126 Å². The lowest BCUT2D eigenvalue weighted by molar-refractivity contribution is -0.140. The minimum Gasteiger partial charge on any atom is -0.493 e. The molecule has 12 aromatic rings. The summed E-state index contributed by atoms with van der Waals surface area (Å²) in [7, 11) is 17.4. The van der Waals surface area contributed by atoms with Gasteiger partial charge in [0.2, 0.25) is 46.6 Å². The number of nitrogens with zero attached hydrogens (tertiary/aromatic N) is 5. The first-order chi connectivity index (χ1) is 70.8. The lowest BCUT2D eigenvalue weighted by Gasteiger charge is -2.24. The minimum absolute atomic E-state index is 0.0278. The van der Waals surface area contributed by atoms with Gasteiger partial charge in [-0.2, -0.15) is 0 Å². The Morgan fingerprint density at radius 1 is 0.388 bits per heavy atom. The third kappa shape index (κ3) is 27.4. The van der Waals surface area contributed by atoms with Gasteiger partial charge in [-0.05, 0) is 216 Å². The third-order valence-corrected chi connectivity index (χ3v) is 23.7. The fraction of sp³-hybridized carbons (Fsp3) is 0.259. The van der Waals surface area contributed by atoms with Crippen LogP contribution in [0.1, 0.15) is 139 Å². The van der Waals surface area contributed by atoms with Crippen molar-refractivity contribution < 1.29 is 142 Å². The SMILES string of the molecule is COc1cc(/C=C2/N=C(CC(=O)NCc3ccco3)c3cc(F)ccc32)cc(OC)c1OCC(=O)O.COc1cc(/C=C2\c3ccc(C)cc3C(CC(=O)NCc3cccn3C)N2C)cc(OC)c1OCC(=O)O.COc1cc(/C=C2\c3ccc(F)cc3C(CC(=O)NCc3ccco3)N2C)cc(OC)c1OCC(=O)O.COc1cc(CC2=NC(CC(=O)NCc3ccco3)c3cc(F)ccc32)cc(OC)c1OCC(=O)O. The molecule has 36 nitrogen and oxygen atoms in total. The van der Waals surface area contributed by atoms with Gasteiger partial charge in [0.15, 0.2) is 72.4 Å². The number of rotatable bonds is 41. The van der Waals surface area contributed by atoms with Crippen molar-refractivity contribution >= 4 is 94.2 Å². The van der Waals surface area contributed by atoms with Crippen molar-refractivity contribution in [2.75, 3.05) is 97.4 Å². The van der Waals surface area contributed by atoms with Crippen molar-refractivity contribution in [3.05, 3.63) is 308 Å². The van der Waals surface area contributed by atoms with Crippen molar-refractivity contribution in [1.82, 2.24) is 35.6 Å². The highest BCUT2D eigenvalue weighted by atomic mass is 19.1. The number of nitrogens with one attached hydrogen (secondary N) is 4. The first-order valence-electron chi connectivity index (χ1n) is 45.7. The second-order valence-electron chi connectivity index (χ2n) is 33.5. The zero-order valence-corrected chi connectivity index (χ0v) is 82.2. The summed E-state index contributed by atoms with van der Waals surface area (Å²) in [4.78, 5) is 108. The van der Waals surface area contributed by atoms with Crippen molar-refractivity contribution in [3.8, 4) is 69.0 Å². The first-order valence-corrected chi connectivity index (χ1v) is 45.7. The van der Waals surface area contributed by atoms with Gasteiger partial charge in [0, 0.05) is 84.4 Å². The quantitative estimate of drug-likeness (QED) is 0.0176. The van der Waals surface area contributed by atoms with E-state index in [-0.39, 0.29) is 103 Å². The predicted molar refractivity (Wildman–Crippen MR) is 533 cm³/mol. The van der Waals surface area contributed by atoms with Gasteiger partial charge in [0.25, 0.3) is 0 Å². The summed E-state index contributed by atoms with van der Waals surface area (Å²) in [5.74, 6) is -1.46. The van der Waals surface area contributed by atoms with Crippen molar-refractivity contribution in [2.45, 2.75) is 83.3 Å². The van der Waals surface area contributed by atoms with Crippen LogP contribution in [0.3, 0.4) is 0 Å². The lowest BCUT2D eigenvalue weighted by atomic mass is 9.96. The summed E-state index contributed by atoms with van der Waals surface area (Å²) >= 11 is 0. The third-order valence-electron chi connectivity index (χ3n) is 23.7. The number of carbonyl (C=O) groups excluding carboxylic acids is 4. The highest BCUT2D eigenvalue weighted by Gasteiger charge is 2.37. The van der Waals surface area contributed by atoms with Crippen molar-refractivity contribution in [3.63, 3.8) is 0 Å². The monoisotopic (exact) mass is 2020 g/mol. The molecule has 4 aliphatic heterocycles. The summed E-state index contributed by atoms with van der Waals surface area (Å²) in [6.45, 7) is 1.06. The maximum absolute atomic E-state index is 14.2. The molecule has 147 heavy (non-hydrogen) atoms. The zero-order chi connectivity index (χ0) is 105. The fourth-order valence-corrected chi connectivity index (χ4v) is 16.8. The molecule has 768 valence electrons. The van der Waals surface area contributed by atoms with E-state index >= 15 is 0 Å². The molecule has 16 rings (SSSR count). The maximum Gasteiger partial charge on any atom is 0.341 e. The Kier molecular flexibility index (Phi) is 36.0. The van der Waals surface area contributed by atoms with Crippen LogP contribution in [0.5, 0.6) is 69.0 Å². The number of carboxylic acids is 4. The number of amides is 4. The molecule has 0 saturated heterocycles. The van der Waals surface area contributed by atoms with E-state index < -0.39 is 79.8 Å². The van der Waals surface area contributed by atoms with E-state index in [4.69, 9.17) is 95.5 Å². The number of ether oxygens (including phenoxy) is 12.